The summed E-state index contributed by atoms with van der Waals surface area (Å²) in [6, 6.07) is 0. The standard InChI is InChI=1S/C10H21NO3/c1-3-4-10(7-11,9(13)14)5-8(2)6-12/h8,12H,3-7,11H2,1-2H3,(H,13,14). The van der Waals surface area contributed by atoms with E-state index in [-0.39, 0.29) is 19.1 Å². The van der Waals surface area contributed by atoms with Gasteiger partial charge in [0, 0.05) is 13.2 Å². The van der Waals surface area contributed by atoms with Crippen LogP contribution in [0.5, 0.6) is 0 Å². The fourth-order valence-corrected chi connectivity index (χ4v) is 1.78. The Bertz CT molecular complexity index is 184. The fraction of sp³-hybridized carbons (Fsp3) is 0.900. The molecule has 0 heterocycles. The molecule has 0 aromatic heterocycles. The molecule has 0 aliphatic rings. The Hall–Kier alpha value is -0.610. The smallest absolute Gasteiger partial charge is 0.310 e. The van der Waals surface area contributed by atoms with E-state index >= 15 is 0 Å². The molecule has 4 heteroatoms. The molecule has 0 fully saturated rings. The number of rotatable bonds is 7. The van der Waals surface area contributed by atoms with Gasteiger partial charge < -0.3 is 15.9 Å². The fourth-order valence-electron chi connectivity index (χ4n) is 1.78. The van der Waals surface area contributed by atoms with Gasteiger partial charge in [-0.25, -0.2) is 0 Å². The van der Waals surface area contributed by atoms with Gasteiger partial charge in [-0.2, -0.15) is 0 Å². The lowest BCUT2D eigenvalue weighted by Gasteiger charge is -2.29. The Kier molecular flexibility index (Phi) is 5.72. The number of hydrogen-bond acceptors (Lipinski definition) is 3. The molecule has 0 aliphatic heterocycles. The SMILES string of the molecule is CCCC(CN)(CC(C)CO)C(=O)O. The number of carboxylic acids is 1. The van der Waals surface area contributed by atoms with Crippen LogP contribution in [0, 0.1) is 11.3 Å². The molecule has 84 valence electrons. The topological polar surface area (TPSA) is 83.5 Å². The summed E-state index contributed by atoms with van der Waals surface area (Å²) in [4.78, 5) is 11.1. The van der Waals surface area contributed by atoms with Crippen LogP contribution in [0.2, 0.25) is 0 Å². The Labute approximate surface area is 85.1 Å². The zero-order chi connectivity index (χ0) is 11.2. The maximum absolute atomic E-state index is 11.1. The minimum Gasteiger partial charge on any atom is -0.481 e. The highest BCUT2D eigenvalue weighted by Crippen LogP contribution is 2.31. The van der Waals surface area contributed by atoms with Gasteiger partial charge in [0.05, 0.1) is 5.41 Å². The average molecular weight is 203 g/mol. The molecular formula is C10H21NO3. The van der Waals surface area contributed by atoms with Crippen LogP contribution in [0.15, 0.2) is 0 Å². The van der Waals surface area contributed by atoms with E-state index in [1.54, 1.807) is 0 Å². The van der Waals surface area contributed by atoms with Crippen molar-refractivity contribution in [2.45, 2.75) is 33.1 Å². The second-order valence-electron chi connectivity index (χ2n) is 4.03. The van der Waals surface area contributed by atoms with Gasteiger partial charge in [0.1, 0.15) is 0 Å². The number of aliphatic hydroxyl groups is 1. The predicted octanol–water partition coefficient (Wildman–Crippen LogP) is 0.835. The lowest BCUT2D eigenvalue weighted by molar-refractivity contribution is -0.150. The number of nitrogens with two attached hydrogens (primary N) is 1. The second-order valence-corrected chi connectivity index (χ2v) is 4.03. The van der Waals surface area contributed by atoms with E-state index in [1.807, 2.05) is 13.8 Å². The van der Waals surface area contributed by atoms with Crippen molar-refractivity contribution < 1.29 is 15.0 Å². The number of aliphatic carboxylic acids is 1. The molecule has 0 aromatic rings. The van der Waals surface area contributed by atoms with Gasteiger partial charge in [0.25, 0.3) is 0 Å². The average Bonchev–Trinajstić information content (AvgIpc) is 2.16. The quantitative estimate of drug-likeness (QED) is 0.572. The first-order valence-electron chi connectivity index (χ1n) is 5.06. The Morgan fingerprint density at radius 1 is 1.57 bits per heavy atom. The molecule has 0 aliphatic carbocycles. The van der Waals surface area contributed by atoms with Crippen LogP contribution in [0.1, 0.15) is 33.1 Å². The molecular weight excluding hydrogens is 182 g/mol. The zero-order valence-corrected chi connectivity index (χ0v) is 8.99. The van der Waals surface area contributed by atoms with Gasteiger partial charge in [-0.15, -0.1) is 0 Å². The number of hydrogen-bond donors (Lipinski definition) is 3. The van der Waals surface area contributed by atoms with Gasteiger partial charge >= 0.3 is 5.97 Å². The van der Waals surface area contributed by atoms with Gasteiger partial charge in [-0.1, -0.05) is 20.3 Å². The first-order chi connectivity index (χ1) is 6.52. The zero-order valence-electron chi connectivity index (χ0n) is 8.99. The summed E-state index contributed by atoms with van der Waals surface area (Å²) < 4.78 is 0. The summed E-state index contributed by atoms with van der Waals surface area (Å²) in [6.07, 6.45) is 1.81. The Morgan fingerprint density at radius 3 is 2.43 bits per heavy atom. The molecule has 0 rings (SSSR count). The first kappa shape index (κ1) is 13.4. The van der Waals surface area contributed by atoms with Gasteiger partial charge in [-0.3, -0.25) is 4.79 Å². The molecule has 0 aromatic carbocycles. The van der Waals surface area contributed by atoms with Crippen LogP contribution >= 0.6 is 0 Å². The number of carbonyl (C=O) groups is 1. The maximum atomic E-state index is 11.1. The first-order valence-corrected chi connectivity index (χ1v) is 5.06. The van der Waals surface area contributed by atoms with Crippen LogP contribution in [-0.4, -0.2) is 29.3 Å². The van der Waals surface area contributed by atoms with E-state index in [2.05, 4.69) is 0 Å². The van der Waals surface area contributed by atoms with E-state index in [0.29, 0.717) is 12.8 Å². The van der Waals surface area contributed by atoms with Crippen molar-refractivity contribution in [1.82, 2.24) is 0 Å². The van der Waals surface area contributed by atoms with Gasteiger partial charge in [0.2, 0.25) is 0 Å². The maximum Gasteiger partial charge on any atom is 0.310 e. The molecule has 0 saturated carbocycles. The summed E-state index contributed by atoms with van der Waals surface area (Å²) in [6.45, 7) is 3.93. The molecule has 0 amide bonds. The van der Waals surface area contributed by atoms with Crippen molar-refractivity contribution in [1.29, 1.82) is 0 Å². The lowest BCUT2D eigenvalue weighted by Crippen LogP contribution is -2.40. The van der Waals surface area contributed by atoms with Gasteiger partial charge in [-0.05, 0) is 18.8 Å². The number of aliphatic hydroxyl groups excluding tert-OH is 1. The molecule has 0 bridgehead atoms. The Morgan fingerprint density at radius 2 is 2.14 bits per heavy atom. The van der Waals surface area contributed by atoms with Crippen molar-refractivity contribution in [2.24, 2.45) is 17.1 Å². The van der Waals surface area contributed by atoms with E-state index in [1.165, 1.54) is 0 Å². The predicted molar refractivity (Wildman–Crippen MR) is 54.9 cm³/mol. The molecule has 0 spiro atoms. The summed E-state index contributed by atoms with van der Waals surface area (Å²) in [5, 5.41) is 18.0. The van der Waals surface area contributed by atoms with Crippen molar-refractivity contribution in [3.8, 4) is 0 Å². The minimum absolute atomic E-state index is 0.0126. The van der Waals surface area contributed by atoms with E-state index in [0.717, 1.165) is 6.42 Å². The third-order valence-corrected chi connectivity index (χ3v) is 2.62. The normalized spacial score (nSPS) is 17.4. The van der Waals surface area contributed by atoms with Crippen LogP contribution < -0.4 is 5.73 Å². The van der Waals surface area contributed by atoms with Crippen LogP contribution in [0.4, 0.5) is 0 Å². The molecule has 2 atom stereocenters. The summed E-state index contributed by atoms with van der Waals surface area (Å²) in [5.74, 6) is -0.858. The third kappa shape index (κ3) is 3.27. The van der Waals surface area contributed by atoms with Crippen LogP contribution in [0.3, 0.4) is 0 Å². The lowest BCUT2D eigenvalue weighted by atomic mass is 9.76. The monoisotopic (exact) mass is 203 g/mol. The van der Waals surface area contributed by atoms with E-state index in [4.69, 9.17) is 15.9 Å². The van der Waals surface area contributed by atoms with Crippen molar-refractivity contribution in [3.05, 3.63) is 0 Å². The highest BCUT2D eigenvalue weighted by molar-refractivity contribution is 5.74. The summed E-state index contributed by atoms with van der Waals surface area (Å²) >= 11 is 0. The highest BCUT2D eigenvalue weighted by atomic mass is 16.4. The number of carboxylic acid groups (broad SMARTS) is 1. The van der Waals surface area contributed by atoms with E-state index in [9.17, 15) is 4.79 Å². The molecule has 0 saturated heterocycles. The highest BCUT2D eigenvalue weighted by Gasteiger charge is 2.37. The molecule has 4 nitrogen and oxygen atoms in total. The van der Waals surface area contributed by atoms with Crippen molar-refractivity contribution in [2.75, 3.05) is 13.2 Å². The van der Waals surface area contributed by atoms with Gasteiger partial charge in [0.15, 0.2) is 0 Å². The largest absolute Gasteiger partial charge is 0.481 e. The van der Waals surface area contributed by atoms with Crippen LogP contribution in [0.25, 0.3) is 0 Å². The second kappa shape index (κ2) is 5.98. The van der Waals surface area contributed by atoms with Crippen molar-refractivity contribution in [3.63, 3.8) is 0 Å². The molecule has 2 unspecified atom stereocenters. The third-order valence-electron chi connectivity index (χ3n) is 2.62. The Balaban J connectivity index is 4.57. The van der Waals surface area contributed by atoms with Crippen LogP contribution in [-0.2, 0) is 4.79 Å². The molecule has 14 heavy (non-hydrogen) atoms. The van der Waals surface area contributed by atoms with E-state index < -0.39 is 11.4 Å². The molecule has 4 N–H and O–H groups in total. The van der Waals surface area contributed by atoms with Crippen molar-refractivity contribution >= 4 is 5.97 Å². The minimum atomic E-state index is -0.850. The molecule has 0 radical (unpaired) electrons. The summed E-state index contributed by atoms with van der Waals surface area (Å²) in [5.41, 5.74) is 4.68. The summed E-state index contributed by atoms with van der Waals surface area (Å²) in [7, 11) is 0.